The van der Waals surface area contributed by atoms with Gasteiger partial charge in [0.2, 0.25) is 0 Å². The second-order valence-electron chi connectivity index (χ2n) is 5.28. The fourth-order valence-corrected chi connectivity index (χ4v) is 3.15. The Hall–Kier alpha value is -0.120. The van der Waals surface area contributed by atoms with Gasteiger partial charge in [-0.3, -0.25) is 5.32 Å². The van der Waals surface area contributed by atoms with Gasteiger partial charge in [0, 0.05) is 6.04 Å². The highest BCUT2D eigenvalue weighted by Crippen LogP contribution is 2.31. The Morgan fingerprint density at radius 1 is 0.938 bits per heavy atom. The fourth-order valence-electron chi connectivity index (χ4n) is 3.15. The minimum atomic E-state index is -0.186. The van der Waals surface area contributed by atoms with Crippen LogP contribution < -0.4 is 5.32 Å². The summed E-state index contributed by atoms with van der Waals surface area (Å²) in [6.07, 6.45) is 12.8. The zero-order valence-electron chi connectivity index (χ0n) is 10.5. The third-order valence-corrected chi connectivity index (χ3v) is 3.98. The fraction of sp³-hybridized carbons (Fsp3) is 1.00. The van der Waals surface area contributed by atoms with Crippen molar-refractivity contribution in [2.75, 3.05) is 7.11 Å². The van der Waals surface area contributed by atoms with Gasteiger partial charge < -0.3 is 0 Å². The minimum absolute atomic E-state index is 0.186. The molecule has 3 heteroatoms. The van der Waals surface area contributed by atoms with Gasteiger partial charge in [-0.2, -0.15) is 0 Å². The van der Waals surface area contributed by atoms with Gasteiger partial charge >= 0.3 is 0 Å². The molecule has 0 aliphatic heterocycles. The average Bonchev–Trinajstić information content (AvgIpc) is 2.31. The van der Waals surface area contributed by atoms with Gasteiger partial charge in [-0.25, -0.2) is 9.78 Å². The molecule has 94 valence electrons. The van der Waals surface area contributed by atoms with Crippen molar-refractivity contribution in [3.63, 3.8) is 0 Å². The van der Waals surface area contributed by atoms with Crippen LogP contribution in [0.5, 0.6) is 0 Å². The van der Waals surface area contributed by atoms with Gasteiger partial charge in [-0.05, 0) is 38.5 Å². The standard InChI is InChI=1S/C13H25NO2/c1-15-16-13(10-6-3-7-11-13)14-12-8-4-2-5-9-12/h12,14H,2-11H2,1H3. The molecule has 0 heterocycles. The molecular formula is C13H25NO2. The third kappa shape index (κ3) is 3.19. The maximum atomic E-state index is 5.56. The van der Waals surface area contributed by atoms with Gasteiger partial charge in [-0.1, -0.05) is 25.7 Å². The topological polar surface area (TPSA) is 30.5 Å². The van der Waals surface area contributed by atoms with Crippen LogP contribution in [-0.4, -0.2) is 18.9 Å². The molecule has 0 aromatic rings. The molecule has 0 saturated heterocycles. The molecule has 2 rings (SSSR count). The van der Waals surface area contributed by atoms with Crippen LogP contribution in [0.2, 0.25) is 0 Å². The van der Waals surface area contributed by atoms with Gasteiger partial charge in [0.25, 0.3) is 0 Å². The molecular weight excluding hydrogens is 202 g/mol. The van der Waals surface area contributed by atoms with Crippen LogP contribution in [0.4, 0.5) is 0 Å². The van der Waals surface area contributed by atoms with Crippen LogP contribution in [0.3, 0.4) is 0 Å². The van der Waals surface area contributed by atoms with Crippen LogP contribution >= 0.6 is 0 Å². The Morgan fingerprint density at radius 3 is 2.19 bits per heavy atom. The maximum Gasteiger partial charge on any atom is 0.154 e. The summed E-state index contributed by atoms with van der Waals surface area (Å²) in [7, 11) is 1.62. The molecule has 0 spiro atoms. The molecule has 2 saturated carbocycles. The van der Waals surface area contributed by atoms with E-state index in [9.17, 15) is 0 Å². The Morgan fingerprint density at radius 2 is 1.56 bits per heavy atom. The van der Waals surface area contributed by atoms with Crippen molar-refractivity contribution in [1.29, 1.82) is 0 Å². The second-order valence-corrected chi connectivity index (χ2v) is 5.28. The van der Waals surface area contributed by atoms with Crippen molar-refractivity contribution < 1.29 is 9.78 Å². The van der Waals surface area contributed by atoms with Crippen LogP contribution in [0.25, 0.3) is 0 Å². The molecule has 1 N–H and O–H groups in total. The highest BCUT2D eigenvalue weighted by Gasteiger charge is 2.36. The first-order chi connectivity index (χ1) is 7.85. The second kappa shape index (κ2) is 5.99. The van der Waals surface area contributed by atoms with E-state index in [4.69, 9.17) is 9.78 Å². The van der Waals surface area contributed by atoms with Crippen molar-refractivity contribution >= 4 is 0 Å². The average molecular weight is 227 g/mol. The first-order valence-corrected chi connectivity index (χ1v) is 6.84. The molecule has 0 bridgehead atoms. The summed E-state index contributed by atoms with van der Waals surface area (Å²) in [6.45, 7) is 0. The predicted molar refractivity (Wildman–Crippen MR) is 63.9 cm³/mol. The molecule has 3 nitrogen and oxygen atoms in total. The van der Waals surface area contributed by atoms with E-state index in [-0.39, 0.29) is 5.72 Å². The summed E-state index contributed by atoms with van der Waals surface area (Å²) in [5.41, 5.74) is -0.186. The molecule has 2 fully saturated rings. The molecule has 16 heavy (non-hydrogen) atoms. The molecule has 2 aliphatic carbocycles. The van der Waals surface area contributed by atoms with Crippen LogP contribution in [0.15, 0.2) is 0 Å². The van der Waals surface area contributed by atoms with Crippen LogP contribution in [0, 0.1) is 0 Å². The molecule has 0 amide bonds. The van der Waals surface area contributed by atoms with Gasteiger partial charge in [0.05, 0.1) is 7.11 Å². The largest absolute Gasteiger partial charge is 0.284 e. The normalized spacial score (nSPS) is 26.8. The van der Waals surface area contributed by atoms with E-state index in [1.165, 1.54) is 51.4 Å². The third-order valence-electron chi connectivity index (χ3n) is 3.98. The van der Waals surface area contributed by atoms with E-state index >= 15 is 0 Å². The van der Waals surface area contributed by atoms with E-state index in [1.54, 1.807) is 7.11 Å². The van der Waals surface area contributed by atoms with Gasteiger partial charge in [0.15, 0.2) is 5.72 Å². The predicted octanol–water partition coefficient (Wildman–Crippen LogP) is 3.15. The monoisotopic (exact) mass is 227 g/mol. The van der Waals surface area contributed by atoms with E-state index < -0.39 is 0 Å². The lowest BCUT2D eigenvalue weighted by molar-refractivity contribution is -0.362. The molecule has 0 aromatic carbocycles. The maximum absolute atomic E-state index is 5.56. The Labute approximate surface area is 98.8 Å². The van der Waals surface area contributed by atoms with Crippen LogP contribution in [0.1, 0.15) is 64.2 Å². The molecule has 0 radical (unpaired) electrons. The molecule has 2 aliphatic rings. The number of hydrogen-bond donors (Lipinski definition) is 1. The van der Waals surface area contributed by atoms with Crippen molar-refractivity contribution in [1.82, 2.24) is 5.32 Å². The lowest BCUT2D eigenvalue weighted by atomic mass is 9.88. The minimum Gasteiger partial charge on any atom is -0.284 e. The smallest absolute Gasteiger partial charge is 0.154 e. The Kier molecular flexibility index (Phi) is 4.62. The zero-order valence-corrected chi connectivity index (χ0v) is 10.5. The quantitative estimate of drug-likeness (QED) is 0.454. The van der Waals surface area contributed by atoms with E-state index in [0.717, 1.165) is 12.8 Å². The summed E-state index contributed by atoms with van der Waals surface area (Å²) >= 11 is 0. The highest BCUT2D eigenvalue weighted by molar-refractivity contribution is 4.86. The first-order valence-electron chi connectivity index (χ1n) is 6.84. The zero-order chi connectivity index (χ0) is 11.3. The molecule has 0 aromatic heterocycles. The number of nitrogens with one attached hydrogen (secondary N) is 1. The first kappa shape index (κ1) is 12.3. The van der Waals surface area contributed by atoms with Crippen LogP contribution in [-0.2, 0) is 9.78 Å². The van der Waals surface area contributed by atoms with Crippen molar-refractivity contribution in [3.8, 4) is 0 Å². The summed E-state index contributed by atoms with van der Waals surface area (Å²) in [4.78, 5) is 10.5. The molecule has 0 atom stereocenters. The van der Waals surface area contributed by atoms with E-state index in [0.29, 0.717) is 6.04 Å². The highest BCUT2D eigenvalue weighted by atomic mass is 17.2. The summed E-state index contributed by atoms with van der Waals surface area (Å²) in [6, 6.07) is 0.641. The lowest BCUT2D eigenvalue weighted by Gasteiger charge is -2.40. The lowest BCUT2D eigenvalue weighted by Crippen LogP contribution is -2.53. The summed E-state index contributed by atoms with van der Waals surface area (Å²) < 4.78 is 0. The number of hydrogen-bond acceptors (Lipinski definition) is 3. The summed E-state index contributed by atoms with van der Waals surface area (Å²) in [5, 5.41) is 3.73. The Bertz CT molecular complexity index is 191. The van der Waals surface area contributed by atoms with Gasteiger partial charge in [0.1, 0.15) is 0 Å². The van der Waals surface area contributed by atoms with Crippen molar-refractivity contribution in [2.24, 2.45) is 0 Å². The SMILES string of the molecule is COOC1(NC2CCCCC2)CCCCC1. The summed E-state index contributed by atoms with van der Waals surface area (Å²) in [5.74, 6) is 0. The van der Waals surface area contributed by atoms with E-state index in [2.05, 4.69) is 5.32 Å². The number of rotatable bonds is 4. The molecule has 0 unspecified atom stereocenters. The van der Waals surface area contributed by atoms with Gasteiger partial charge in [-0.15, -0.1) is 0 Å². The van der Waals surface area contributed by atoms with Crippen molar-refractivity contribution in [2.45, 2.75) is 76.0 Å². The van der Waals surface area contributed by atoms with Crippen molar-refractivity contribution in [3.05, 3.63) is 0 Å². The van der Waals surface area contributed by atoms with E-state index in [1.807, 2.05) is 0 Å². The Balaban J connectivity index is 1.89.